The molecule has 3 amide bonds. The predicted molar refractivity (Wildman–Crippen MR) is 44.7 cm³/mol. The van der Waals surface area contributed by atoms with Crippen LogP contribution in [0.2, 0.25) is 0 Å². The van der Waals surface area contributed by atoms with Gasteiger partial charge >= 0.3 is 12.1 Å². The number of urea groups is 1. The Labute approximate surface area is 78.7 Å². The smallest absolute Gasteiger partial charge is 0.415 e. The monoisotopic (exact) mass is 212 g/mol. The van der Waals surface area contributed by atoms with Crippen LogP contribution < -0.4 is 5.32 Å². The molecular weight excluding hydrogens is 207 g/mol. The van der Waals surface area contributed by atoms with Crippen molar-refractivity contribution < 1.29 is 14.3 Å². The molecule has 68 valence electrons. The van der Waals surface area contributed by atoms with E-state index in [1.54, 1.807) is 12.2 Å². The van der Waals surface area contributed by atoms with E-state index < -0.39 is 16.8 Å². The van der Waals surface area contributed by atoms with Crippen molar-refractivity contribution >= 4 is 40.0 Å². The molecule has 1 N–H and O–H groups in total. The number of rotatable bonds is 1. The number of alkyl carbamates (subject to hydrolysis) is 1. The summed E-state index contributed by atoms with van der Waals surface area (Å²) >= 11 is 10.1. The molecule has 0 aliphatic heterocycles. The van der Waals surface area contributed by atoms with Crippen molar-refractivity contribution in [3.05, 3.63) is 0 Å². The van der Waals surface area contributed by atoms with Crippen LogP contribution in [0.15, 0.2) is 4.99 Å². The number of carbonyl (C=O) groups is 2. The molecule has 0 unspecified atom stereocenters. The van der Waals surface area contributed by atoms with Gasteiger partial charge in [0.25, 0.3) is 0 Å². The van der Waals surface area contributed by atoms with Crippen LogP contribution in [0.4, 0.5) is 9.59 Å². The molecule has 0 aliphatic carbocycles. The number of aliphatic imine (C=N–C) groups is 1. The molecule has 0 atom stereocenters. The van der Waals surface area contributed by atoms with E-state index in [0.717, 1.165) is 0 Å². The number of carbonyl (C=O) groups excluding carboxylic acids is 2. The molecule has 0 saturated heterocycles. The highest BCUT2D eigenvalue weighted by Gasteiger charge is 2.06. The highest BCUT2D eigenvalue weighted by Crippen LogP contribution is 1.91. The van der Waals surface area contributed by atoms with Gasteiger partial charge in [0.15, 0.2) is 0 Å². The second-order valence-electron chi connectivity index (χ2n) is 1.50. The number of ether oxygens (including phenoxy) is 1. The molecule has 5 nitrogen and oxygen atoms in total. The maximum absolute atomic E-state index is 10.6. The standard InChI is InChI=1S/C5H6Cl2N2O3/c1-2-12-5(11)9-4(10)8-3(6)7/h2H2,1H3,(H,9,10,11). The molecule has 0 aromatic carbocycles. The third-order valence-electron chi connectivity index (χ3n) is 0.670. The predicted octanol–water partition coefficient (Wildman–Crippen LogP) is 1.69. The van der Waals surface area contributed by atoms with Crippen molar-refractivity contribution in [2.45, 2.75) is 6.92 Å². The average Bonchev–Trinajstić information content (AvgIpc) is 1.84. The molecule has 0 radical (unpaired) electrons. The minimum absolute atomic E-state index is 0.164. The third-order valence-corrected chi connectivity index (χ3v) is 0.840. The summed E-state index contributed by atoms with van der Waals surface area (Å²) in [5.74, 6) is 0. The highest BCUT2D eigenvalue weighted by molar-refractivity contribution is 6.95. The van der Waals surface area contributed by atoms with Crippen LogP contribution in [0.25, 0.3) is 0 Å². The van der Waals surface area contributed by atoms with Gasteiger partial charge in [-0.3, -0.25) is 0 Å². The second kappa shape index (κ2) is 5.79. The van der Waals surface area contributed by atoms with Crippen LogP contribution in [-0.2, 0) is 4.74 Å². The van der Waals surface area contributed by atoms with Gasteiger partial charge in [-0.1, -0.05) is 0 Å². The number of hydrogen-bond donors (Lipinski definition) is 1. The van der Waals surface area contributed by atoms with E-state index in [4.69, 9.17) is 23.2 Å². The molecule has 0 rings (SSSR count). The molecule has 7 heteroatoms. The van der Waals surface area contributed by atoms with Crippen LogP contribution >= 0.6 is 23.2 Å². The Morgan fingerprint density at radius 3 is 2.50 bits per heavy atom. The fourth-order valence-corrected chi connectivity index (χ4v) is 0.513. The summed E-state index contributed by atoms with van der Waals surface area (Å²) in [7, 11) is 0. The minimum atomic E-state index is -0.964. The van der Waals surface area contributed by atoms with Crippen LogP contribution in [0.3, 0.4) is 0 Å². The average molecular weight is 213 g/mol. The maximum Gasteiger partial charge on any atom is 0.415 e. The van der Waals surface area contributed by atoms with Crippen molar-refractivity contribution in [3.8, 4) is 0 Å². The van der Waals surface area contributed by atoms with Gasteiger partial charge in [0.1, 0.15) is 0 Å². The van der Waals surface area contributed by atoms with E-state index in [2.05, 4.69) is 9.73 Å². The van der Waals surface area contributed by atoms with Crippen LogP contribution in [-0.4, -0.2) is 23.4 Å². The lowest BCUT2D eigenvalue weighted by Gasteiger charge is -1.99. The molecule has 0 heterocycles. The molecule has 0 spiro atoms. The molecule has 0 aromatic heterocycles. The molecule has 0 aliphatic rings. The van der Waals surface area contributed by atoms with Crippen LogP contribution in [0, 0.1) is 0 Å². The fourth-order valence-electron chi connectivity index (χ4n) is 0.359. The van der Waals surface area contributed by atoms with Crippen LogP contribution in [0.1, 0.15) is 6.92 Å². The van der Waals surface area contributed by atoms with Gasteiger partial charge in [0, 0.05) is 0 Å². The Kier molecular flexibility index (Phi) is 5.40. The lowest BCUT2D eigenvalue weighted by atomic mass is 10.8. The number of halogens is 2. The van der Waals surface area contributed by atoms with Crippen molar-refractivity contribution in [1.29, 1.82) is 0 Å². The van der Waals surface area contributed by atoms with Gasteiger partial charge in [-0.05, 0) is 30.1 Å². The molecular formula is C5H6Cl2N2O3. The Bertz CT molecular complexity index is 213. The van der Waals surface area contributed by atoms with Gasteiger partial charge < -0.3 is 4.74 Å². The Hall–Kier alpha value is -0.810. The maximum atomic E-state index is 10.6. The number of amides is 3. The molecule has 0 bridgehead atoms. The van der Waals surface area contributed by atoms with Crippen molar-refractivity contribution in [1.82, 2.24) is 5.32 Å². The first-order valence-electron chi connectivity index (χ1n) is 2.93. The SMILES string of the molecule is CCOC(=O)NC(=O)N=C(Cl)Cl. The van der Waals surface area contributed by atoms with Crippen molar-refractivity contribution in [3.63, 3.8) is 0 Å². The van der Waals surface area contributed by atoms with E-state index >= 15 is 0 Å². The van der Waals surface area contributed by atoms with Gasteiger partial charge in [-0.15, -0.1) is 0 Å². The van der Waals surface area contributed by atoms with Crippen molar-refractivity contribution in [2.75, 3.05) is 6.61 Å². The zero-order valence-electron chi connectivity index (χ0n) is 6.13. The topological polar surface area (TPSA) is 67.8 Å². The summed E-state index contributed by atoms with van der Waals surface area (Å²) in [5.41, 5.74) is 0. The first-order valence-corrected chi connectivity index (χ1v) is 3.69. The van der Waals surface area contributed by atoms with E-state index in [9.17, 15) is 9.59 Å². The normalized spacial score (nSPS) is 8.58. The number of nitrogens with one attached hydrogen (secondary N) is 1. The lowest BCUT2D eigenvalue weighted by molar-refractivity contribution is 0.153. The van der Waals surface area contributed by atoms with E-state index in [1.165, 1.54) is 0 Å². The minimum Gasteiger partial charge on any atom is -0.450 e. The molecule has 0 saturated carbocycles. The van der Waals surface area contributed by atoms with Gasteiger partial charge in [0.05, 0.1) is 6.61 Å². The zero-order chi connectivity index (χ0) is 9.56. The second-order valence-corrected chi connectivity index (χ2v) is 2.41. The highest BCUT2D eigenvalue weighted by atomic mass is 35.5. The van der Waals surface area contributed by atoms with Crippen molar-refractivity contribution in [2.24, 2.45) is 4.99 Å². The first-order chi connectivity index (χ1) is 5.56. The van der Waals surface area contributed by atoms with Gasteiger partial charge in [0.2, 0.25) is 4.63 Å². The molecule has 12 heavy (non-hydrogen) atoms. The quantitative estimate of drug-likeness (QED) is 0.673. The van der Waals surface area contributed by atoms with E-state index in [1.807, 2.05) is 0 Å². The molecule has 0 fully saturated rings. The lowest BCUT2D eigenvalue weighted by Crippen LogP contribution is -2.28. The van der Waals surface area contributed by atoms with Gasteiger partial charge in [-0.2, -0.15) is 4.99 Å². The third kappa shape index (κ3) is 5.94. The zero-order valence-corrected chi connectivity index (χ0v) is 7.65. The Morgan fingerprint density at radius 2 is 2.08 bits per heavy atom. The summed E-state index contributed by atoms with van der Waals surface area (Å²) in [6.07, 6.45) is -0.888. The number of hydrogen-bond acceptors (Lipinski definition) is 3. The van der Waals surface area contributed by atoms with Gasteiger partial charge in [-0.25, -0.2) is 14.9 Å². The summed E-state index contributed by atoms with van der Waals surface area (Å²) in [6, 6.07) is -0.964. The Balaban J connectivity index is 3.85. The summed E-state index contributed by atoms with van der Waals surface area (Å²) in [5, 5.41) is 1.76. The largest absolute Gasteiger partial charge is 0.450 e. The fraction of sp³-hybridized carbons (Fsp3) is 0.400. The van der Waals surface area contributed by atoms with Crippen LogP contribution in [0.5, 0.6) is 0 Å². The summed E-state index contributed by atoms with van der Waals surface area (Å²) in [6.45, 7) is 1.76. The first kappa shape index (κ1) is 11.2. The van der Waals surface area contributed by atoms with E-state index in [-0.39, 0.29) is 6.61 Å². The number of imide groups is 1. The Morgan fingerprint density at radius 1 is 1.50 bits per heavy atom. The number of nitrogens with zero attached hydrogens (tertiary/aromatic N) is 1. The summed E-state index contributed by atoms with van der Waals surface area (Å²) < 4.78 is 3.89. The summed E-state index contributed by atoms with van der Waals surface area (Å²) in [4.78, 5) is 24.1. The molecule has 0 aromatic rings. The van der Waals surface area contributed by atoms with E-state index in [0.29, 0.717) is 0 Å².